The first kappa shape index (κ1) is 14.7. The minimum absolute atomic E-state index is 0.00599. The van der Waals surface area contributed by atoms with E-state index in [0.717, 1.165) is 0 Å². The van der Waals surface area contributed by atoms with Crippen molar-refractivity contribution in [1.82, 2.24) is 10.0 Å². The van der Waals surface area contributed by atoms with Crippen LogP contribution >= 0.6 is 11.6 Å². The highest BCUT2D eigenvalue weighted by Crippen LogP contribution is 2.22. The van der Waals surface area contributed by atoms with E-state index in [1.54, 1.807) is 0 Å². The number of amides is 1. The largest absolute Gasteiger partial charge is 0.398 e. The predicted octanol–water partition coefficient (Wildman–Crippen LogP) is 0.337. The smallest absolute Gasteiger partial charge is 0.242 e. The Morgan fingerprint density at radius 1 is 1.44 bits per heavy atom. The molecule has 0 aromatic heterocycles. The van der Waals surface area contributed by atoms with Crippen molar-refractivity contribution in [3.8, 4) is 0 Å². The van der Waals surface area contributed by atoms with Gasteiger partial charge in [0.2, 0.25) is 15.9 Å². The molecule has 4 N–H and O–H groups in total. The van der Waals surface area contributed by atoms with E-state index in [9.17, 15) is 13.2 Å². The summed E-state index contributed by atoms with van der Waals surface area (Å²) in [4.78, 5) is 10.9. The van der Waals surface area contributed by atoms with Gasteiger partial charge in [0.15, 0.2) is 0 Å². The number of hydrogen-bond donors (Lipinski definition) is 3. The highest BCUT2D eigenvalue weighted by atomic mass is 35.5. The fourth-order valence-corrected chi connectivity index (χ4v) is 2.67. The van der Waals surface area contributed by atoms with Gasteiger partial charge in [-0.25, -0.2) is 13.1 Å². The molecule has 1 amide bonds. The molecule has 0 radical (unpaired) electrons. The highest BCUT2D eigenvalue weighted by Gasteiger charge is 2.17. The molecule has 0 fully saturated rings. The zero-order chi connectivity index (χ0) is 13.8. The van der Waals surface area contributed by atoms with Gasteiger partial charge < -0.3 is 11.1 Å². The number of rotatable bonds is 5. The van der Waals surface area contributed by atoms with Crippen molar-refractivity contribution in [1.29, 1.82) is 0 Å². The number of benzene rings is 1. The van der Waals surface area contributed by atoms with Crippen LogP contribution in [0.1, 0.15) is 6.42 Å². The number of carbonyl (C=O) groups excluding carboxylic acids is 1. The van der Waals surface area contributed by atoms with Gasteiger partial charge in [-0.3, -0.25) is 4.79 Å². The molecule has 0 bridgehead atoms. The molecule has 6 nitrogen and oxygen atoms in total. The Kier molecular flexibility index (Phi) is 4.94. The average Bonchev–Trinajstić information content (AvgIpc) is 2.31. The topological polar surface area (TPSA) is 101 Å². The van der Waals surface area contributed by atoms with Crippen molar-refractivity contribution < 1.29 is 13.2 Å². The lowest BCUT2D eigenvalue weighted by Gasteiger charge is -2.09. The second kappa shape index (κ2) is 6.03. The summed E-state index contributed by atoms with van der Waals surface area (Å²) < 4.78 is 26.1. The van der Waals surface area contributed by atoms with Crippen LogP contribution in [-0.4, -0.2) is 27.9 Å². The SMILES string of the molecule is CNC(=O)CCNS(=O)(=O)c1cc(Cl)ccc1N. The van der Waals surface area contributed by atoms with Crippen molar-refractivity contribution in [3.63, 3.8) is 0 Å². The van der Waals surface area contributed by atoms with E-state index in [0.29, 0.717) is 0 Å². The maximum absolute atomic E-state index is 11.9. The molecule has 1 aromatic rings. The molecule has 100 valence electrons. The Morgan fingerprint density at radius 2 is 2.11 bits per heavy atom. The molecule has 0 saturated heterocycles. The van der Waals surface area contributed by atoms with Gasteiger partial charge >= 0.3 is 0 Å². The van der Waals surface area contributed by atoms with E-state index >= 15 is 0 Å². The number of halogens is 1. The third-order valence-corrected chi connectivity index (χ3v) is 3.94. The van der Waals surface area contributed by atoms with Crippen LogP contribution in [0.4, 0.5) is 5.69 Å². The van der Waals surface area contributed by atoms with Crippen LogP contribution in [0.3, 0.4) is 0 Å². The number of carbonyl (C=O) groups is 1. The number of nitrogen functional groups attached to an aromatic ring is 1. The summed E-state index contributed by atoms with van der Waals surface area (Å²) in [5.41, 5.74) is 5.68. The molecule has 0 aliphatic carbocycles. The van der Waals surface area contributed by atoms with E-state index in [-0.39, 0.29) is 34.5 Å². The molecule has 8 heteroatoms. The van der Waals surface area contributed by atoms with Crippen molar-refractivity contribution in [3.05, 3.63) is 23.2 Å². The minimum Gasteiger partial charge on any atom is -0.398 e. The van der Waals surface area contributed by atoms with Crippen LogP contribution in [0.2, 0.25) is 5.02 Å². The van der Waals surface area contributed by atoms with Gasteiger partial charge in [-0.15, -0.1) is 0 Å². The third-order valence-electron chi connectivity index (χ3n) is 2.19. The van der Waals surface area contributed by atoms with Gasteiger partial charge in [-0.2, -0.15) is 0 Å². The standard InChI is InChI=1S/C10H14ClN3O3S/c1-13-10(15)4-5-14-18(16,17)9-6-7(11)2-3-8(9)12/h2-3,6,14H,4-5,12H2,1H3,(H,13,15). The fraction of sp³-hybridized carbons (Fsp3) is 0.300. The summed E-state index contributed by atoms with van der Waals surface area (Å²) in [5.74, 6) is -0.253. The maximum atomic E-state index is 11.9. The molecule has 0 saturated carbocycles. The highest BCUT2D eigenvalue weighted by molar-refractivity contribution is 7.89. The normalized spacial score (nSPS) is 11.2. The second-order valence-electron chi connectivity index (χ2n) is 3.50. The van der Waals surface area contributed by atoms with Crippen LogP contribution in [0, 0.1) is 0 Å². The van der Waals surface area contributed by atoms with Gasteiger partial charge in [-0.05, 0) is 18.2 Å². The predicted molar refractivity (Wildman–Crippen MR) is 69.7 cm³/mol. The minimum atomic E-state index is -3.76. The lowest BCUT2D eigenvalue weighted by molar-refractivity contribution is -0.120. The van der Waals surface area contributed by atoms with Crippen LogP contribution < -0.4 is 15.8 Å². The van der Waals surface area contributed by atoms with Gasteiger partial charge in [0, 0.05) is 25.0 Å². The van der Waals surface area contributed by atoms with E-state index in [2.05, 4.69) is 10.0 Å². The van der Waals surface area contributed by atoms with E-state index in [4.69, 9.17) is 17.3 Å². The number of nitrogens with one attached hydrogen (secondary N) is 2. The van der Waals surface area contributed by atoms with Crippen molar-refractivity contribution in [2.45, 2.75) is 11.3 Å². The Bertz CT molecular complexity index is 545. The Labute approximate surface area is 111 Å². The first-order valence-electron chi connectivity index (χ1n) is 5.12. The molecule has 0 spiro atoms. The van der Waals surface area contributed by atoms with Crippen LogP contribution in [-0.2, 0) is 14.8 Å². The quantitative estimate of drug-likeness (QED) is 0.681. The van der Waals surface area contributed by atoms with E-state index < -0.39 is 10.0 Å². The molecular weight excluding hydrogens is 278 g/mol. The van der Waals surface area contributed by atoms with Gasteiger partial charge in [-0.1, -0.05) is 11.6 Å². The summed E-state index contributed by atoms with van der Waals surface area (Å²) in [6, 6.07) is 4.18. The number of anilines is 1. The summed E-state index contributed by atoms with van der Waals surface area (Å²) in [6.45, 7) is -0.00599. The van der Waals surface area contributed by atoms with E-state index in [1.165, 1.54) is 25.2 Å². The Morgan fingerprint density at radius 3 is 2.72 bits per heavy atom. The Hall–Kier alpha value is -1.31. The molecule has 0 atom stereocenters. The summed E-state index contributed by atoms with van der Waals surface area (Å²) in [7, 11) is -2.28. The van der Waals surface area contributed by atoms with E-state index in [1.807, 2.05) is 0 Å². The molecule has 0 aliphatic heterocycles. The number of nitrogens with two attached hydrogens (primary N) is 1. The first-order valence-corrected chi connectivity index (χ1v) is 6.98. The van der Waals surface area contributed by atoms with Crippen LogP contribution in [0.15, 0.2) is 23.1 Å². The number of hydrogen-bond acceptors (Lipinski definition) is 4. The van der Waals surface area contributed by atoms with Crippen LogP contribution in [0.5, 0.6) is 0 Å². The zero-order valence-electron chi connectivity index (χ0n) is 9.73. The zero-order valence-corrected chi connectivity index (χ0v) is 11.3. The first-order chi connectivity index (χ1) is 8.36. The number of sulfonamides is 1. The Balaban J connectivity index is 2.80. The van der Waals surface area contributed by atoms with Crippen LogP contribution in [0.25, 0.3) is 0 Å². The summed E-state index contributed by atoms with van der Waals surface area (Å²) in [6.07, 6.45) is 0.0518. The molecule has 1 aromatic carbocycles. The van der Waals surface area contributed by atoms with Crippen molar-refractivity contribution in [2.24, 2.45) is 0 Å². The maximum Gasteiger partial charge on any atom is 0.242 e. The summed E-state index contributed by atoms with van der Waals surface area (Å²) in [5, 5.41) is 2.67. The van der Waals surface area contributed by atoms with Crippen molar-refractivity contribution >= 4 is 33.2 Å². The monoisotopic (exact) mass is 291 g/mol. The fourth-order valence-electron chi connectivity index (χ4n) is 1.24. The van der Waals surface area contributed by atoms with Gasteiger partial charge in [0.1, 0.15) is 4.90 Å². The molecule has 18 heavy (non-hydrogen) atoms. The van der Waals surface area contributed by atoms with Crippen molar-refractivity contribution in [2.75, 3.05) is 19.3 Å². The van der Waals surface area contributed by atoms with Gasteiger partial charge in [0.25, 0.3) is 0 Å². The summed E-state index contributed by atoms with van der Waals surface area (Å²) >= 11 is 5.72. The molecular formula is C10H14ClN3O3S. The average molecular weight is 292 g/mol. The van der Waals surface area contributed by atoms with Gasteiger partial charge in [0.05, 0.1) is 5.69 Å². The second-order valence-corrected chi connectivity index (χ2v) is 5.67. The molecule has 1 rings (SSSR count). The molecule has 0 heterocycles. The molecule has 0 aliphatic rings. The lowest BCUT2D eigenvalue weighted by atomic mass is 10.3. The molecule has 0 unspecified atom stereocenters. The lowest BCUT2D eigenvalue weighted by Crippen LogP contribution is -2.29. The third kappa shape index (κ3) is 3.86.